The van der Waals surface area contributed by atoms with Gasteiger partial charge in [-0.2, -0.15) is 0 Å². The Labute approximate surface area is 61.3 Å². The molecule has 0 aromatic rings. The SMILES string of the molecule is CC1CCN1CC(O)CO. The molecule has 3 heteroatoms. The molecule has 1 aliphatic heterocycles. The molecule has 0 aliphatic carbocycles. The first-order valence-corrected chi connectivity index (χ1v) is 3.77. The van der Waals surface area contributed by atoms with Crippen LogP contribution in [0.1, 0.15) is 13.3 Å². The largest absolute Gasteiger partial charge is 0.394 e. The maximum atomic E-state index is 9.02. The Morgan fingerprint density at radius 3 is 2.70 bits per heavy atom. The van der Waals surface area contributed by atoms with Gasteiger partial charge in [0.15, 0.2) is 0 Å². The molecule has 0 bridgehead atoms. The molecule has 0 spiro atoms. The fraction of sp³-hybridized carbons (Fsp3) is 1.00. The molecule has 0 aromatic heterocycles. The van der Waals surface area contributed by atoms with Gasteiger partial charge < -0.3 is 10.2 Å². The minimum Gasteiger partial charge on any atom is -0.394 e. The van der Waals surface area contributed by atoms with Crippen LogP contribution in [0.15, 0.2) is 0 Å². The summed E-state index contributed by atoms with van der Waals surface area (Å²) >= 11 is 0. The van der Waals surface area contributed by atoms with Crippen LogP contribution < -0.4 is 0 Å². The molecule has 3 nitrogen and oxygen atoms in total. The molecular formula is C7H15NO2. The molecule has 1 aliphatic rings. The summed E-state index contributed by atoms with van der Waals surface area (Å²) in [5.41, 5.74) is 0. The van der Waals surface area contributed by atoms with Crippen molar-refractivity contribution < 1.29 is 10.2 Å². The van der Waals surface area contributed by atoms with Crippen LogP contribution in [0.5, 0.6) is 0 Å². The van der Waals surface area contributed by atoms with Crippen LogP contribution >= 0.6 is 0 Å². The molecule has 2 atom stereocenters. The van der Waals surface area contributed by atoms with Gasteiger partial charge in [-0.15, -0.1) is 0 Å². The van der Waals surface area contributed by atoms with Crippen LogP contribution in [-0.2, 0) is 0 Å². The highest BCUT2D eigenvalue weighted by Gasteiger charge is 2.24. The molecule has 1 heterocycles. The summed E-state index contributed by atoms with van der Waals surface area (Å²) in [5.74, 6) is 0. The van der Waals surface area contributed by atoms with E-state index in [9.17, 15) is 0 Å². The van der Waals surface area contributed by atoms with Gasteiger partial charge in [0.2, 0.25) is 0 Å². The lowest BCUT2D eigenvalue weighted by Crippen LogP contribution is -2.49. The lowest BCUT2D eigenvalue weighted by Gasteiger charge is -2.39. The number of aliphatic hydroxyl groups is 2. The van der Waals surface area contributed by atoms with Gasteiger partial charge in [0.25, 0.3) is 0 Å². The van der Waals surface area contributed by atoms with Crippen molar-refractivity contribution in [3.05, 3.63) is 0 Å². The van der Waals surface area contributed by atoms with Crippen LogP contribution in [0, 0.1) is 0 Å². The number of likely N-dealkylation sites (tertiary alicyclic amines) is 1. The maximum Gasteiger partial charge on any atom is 0.0897 e. The summed E-state index contributed by atoms with van der Waals surface area (Å²) in [6, 6.07) is 0.598. The van der Waals surface area contributed by atoms with E-state index in [0.29, 0.717) is 12.6 Å². The first-order chi connectivity index (χ1) is 4.74. The van der Waals surface area contributed by atoms with Crippen LogP contribution in [0.25, 0.3) is 0 Å². The van der Waals surface area contributed by atoms with E-state index in [1.54, 1.807) is 0 Å². The monoisotopic (exact) mass is 145 g/mol. The Balaban J connectivity index is 2.12. The molecule has 2 N–H and O–H groups in total. The van der Waals surface area contributed by atoms with Crippen LogP contribution in [-0.4, -0.2) is 47.0 Å². The normalized spacial score (nSPS) is 29.7. The highest BCUT2D eigenvalue weighted by molar-refractivity contribution is 4.80. The first-order valence-electron chi connectivity index (χ1n) is 3.77. The van der Waals surface area contributed by atoms with Crippen molar-refractivity contribution in [2.45, 2.75) is 25.5 Å². The Morgan fingerprint density at radius 2 is 2.40 bits per heavy atom. The van der Waals surface area contributed by atoms with E-state index >= 15 is 0 Å². The number of β-amino-alcohol motifs (C(OH)–C–C–N with tert-alkyl or cyclic N) is 1. The summed E-state index contributed by atoms with van der Waals surface area (Å²) < 4.78 is 0. The lowest BCUT2D eigenvalue weighted by atomic mass is 10.1. The van der Waals surface area contributed by atoms with Crippen LogP contribution in [0.2, 0.25) is 0 Å². The number of aliphatic hydroxyl groups excluding tert-OH is 2. The second-order valence-electron chi connectivity index (χ2n) is 2.97. The van der Waals surface area contributed by atoms with E-state index in [2.05, 4.69) is 11.8 Å². The third kappa shape index (κ3) is 1.68. The Morgan fingerprint density at radius 1 is 1.70 bits per heavy atom. The molecule has 1 saturated heterocycles. The van der Waals surface area contributed by atoms with Gasteiger partial charge >= 0.3 is 0 Å². The Bertz CT molecular complexity index is 108. The van der Waals surface area contributed by atoms with Gasteiger partial charge in [0.1, 0.15) is 0 Å². The van der Waals surface area contributed by atoms with Crippen molar-refractivity contribution in [1.29, 1.82) is 0 Å². The van der Waals surface area contributed by atoms with Crippen molar-refractivity contribution in [3.8, 4) is 0 Å². The molecule has 1 rings (SSSR count). The first kappa shape index (κ1) is 7.98. The summed E-state index contributed by atoms with van der Waals surface area (Å²) in [5, 5.41) is 17.5. The second kappa shape index (κ2) is 3.32. The zero-order chi connectivity index (χ0) is 7.56. The number of hydrogen-bond donors (Lipinski definition) is 2. The lowest BCUT2D eigenvalue weighted by molar-refractivity contribution is 0.0134. The predicted octanol–water partition coefficient (Wildman–Crippen LogP) is -0.566. The van der Waals surface area contributed by atoms with Gasteiger partial charge in [-0.3, -0.25) is 4.90 Å². The van der Waals surface area contributed by atoms with E-state index in [1.165, 1.54) is 6.42 Å². The smallest absolute Gasteiger partial charge is 0.0897 e. The van der Waals surface area contributed by atoms with Gasteiger partial charge in [0.05, 0.1) is 12.7 Å². The minimum absolute atomic E-state index is 0.122. The summed E-state index contributed by atoms with van der Waals surface area (Å²) in [6.45, 7) is 3.70. The van der Waals surface area contributed by atoms with Crippen molar-refractivity contribution in [3.63, 3.8) is 0 Å². The standard InChI is InChI=1S/C7H15NO2/c1-6-2-3-8(6)4-7(10)5-9/h6-7,9-10H,2-5H2,1H3. The molecule has 0 amide bonds. The summed E-state index contributed by atoms with van der Waals surface area (Å²) in [6.07, 6.45) is 0.667. The average Bonchev–Trinajstić information content (AvgIpc) is 1.96. The molecule has 2 unspecified atom stereocenters. The fourth-order valence-electron chi connectivity index (χ4n) is 1.17. The number of nitrogens with zero attached hydrogens (tertiary/aromatic N) is 1. The molecule has 0 radical (unpaired) electrons. The summed E-state index contributed by atoms with van der Waals surface area (Å²) in [7, 11) is 0. The zero-order valence-corrected chi connectivity index (χ0v) is 6.32. The maximum absolute atomic E-state index is 9.02. The average molecular weight is 145 g/mol. The van der Waals surface area contributed by atoms with Crippen molar-refractivity contribution in [1.82, 2.24) is 4.90 Å². The fourth-order valence-corrected chi connectivity index (χ4v) is 1.17. The minimum atomic E-state index is -0.553. The van der Waals surface area contributed by atoms with Gasteiger partial charge in [-0.1, -0.05) is 0 Å². The Kier molecular flexibility index (Phi) is 2.65. The van der Waals surface area contributed by atoms with Crippen molar-refractivity contribution in [2.75, 3.05) is 19.7 Å². The van der Waals surface area contributed by atoms with E-state index in [1.807, 2.05) is 0 Å². The molecule has 0 saturated carbocycles. The zero-order valence-electron chi connectivity index (χ0n) is 6.32. The molecule has 0 aromatic carbocycles. The second-order valence-corrected chi connectivity index (χ2v) is 2.97. The predicted molar refractivity (Wildman–Crippen MR) is 38.7 cm³/mol. The van der Waals surface area contributed by atoms with E-state index < -0.39 is 6.10 Å². The highest BCUT2D eigenvalue weighted by Crippen LogP contribution is 2.15. The molecule has 10 heavy (non-hydrogen) atoms. The van der Waals surface area contributed by atoms with Gasteiger partial charge in [-0.25, -0.2) is 0 Å². The van der Waals surface area contributed by atoms with E-state index in [0.717, 1.165) is 6.54 Å². The molecule has 60 valence electrons. The van der Waals surface area contributed by atoms with Gasteiger partial charge in [0, 0.05) is 19.1 Å². The van der Waals surface area contributed by atoms with Gasteiger partial charge in [-0.05, 0) is 13.3 Å². The number of hydrogen-bond acceptors (Lipinski definition) is 3. The van der Waals surface area contributed by atoms with E-state index in [4.69, 9.17) is 10.2 Å². The van der Waals surface area contributed by atoms with Crippen molar-refractivity contribution in [2.24, 2.45) is 0 Å². The number of rotatable bonds is 3. The molecule has 1 fully saturated rings. The van der Waals surface area contributed by atoms with Crippen LogP contribution in [0.3, 0.4) is 0 Å². The Hall–Kier alpha value is -0.120. The summed E-state index contributed by atoms with van der Waals surface area (Å²) in [4.78, 5) is 2.17. The van der Waals surface area contributed by atoms with Crippen molar-refractivity contribution >= 4 is 0 Å². The quantitative estimate of drug-likeness (QED) is 0.559. The topological polar surface area (TPSA) is 43.7 Å². The molecular weight excluding hydrogens is 130 g/mol. The highest BCUT2D eigenvalue weighted by atomic mass is 16.3. The third-order valence-electron chi connectivity index (χ3n) is 2.11. The van der Waals surface area contributed by atoms with Crippen LogP contribution in [0.4, 0.5) is 0 Å². The third-order valence-corrected chi connectivity index (χ3v) is 2.11. The van der Waals surface area contributed by atoms with E-state index in [-0.39, 0.29) is 6.61 Å².